The van der Waals surface area contributed by atoms with E-state index in [9.17, 15) is 0 Å². The molecule has 1 rings (SSSR count). The number of rotatable bonds is 6. The van der Waals surface area contributed by atoms with Gasteiger partial charge >= 0.3 is 0 Å². The van der Waals surface area contributed by atoms with Crippen molar-refractivity contribution in [1.82, 2.24) is 5.32 Å². The summed E-state index contributed by atoms with van der Waals surface area (Å²) >= 11 is 0. The number of hydrogen-bond acceptors (Lipinski definition) is 2. The van der Waals surface area contributed by atoms with Crippen molar-refractivity contribution in [3.8, 4) is 5.75 Å². The topological polar surface area (TPSA) is 21.3 Å². The Morgan fingerprint density at radius 1 is 1.31 bits per heavy atom. The average molecular weight is 221 g/mol. The van der Waals surface area contributed by atoms with Crippen molar-refractivity contribution in [2.45, 2.75) is 39.2 Å². The molecule has 16 heavy (non-hydrogen) atoms. The van der Waals surface area contributed by atoms with Gasteiger partial charge in [-0.1, -0.05) is 19.1 Å². The summed E-state index contributed by atoms with van der Waals surface area (Å²) in [5.41, 5.74) is 1.47. The zero-order chi connectivity index (χ0) is 12.0. The number of hydrogen-bond donors (Lipinski definition) is 1. The fourth-order valence-corrected chi connectivity index (χ4v) is 1.40. The first-order valence-corrected chi connectivity index (χ1v) is 5.98. The highest BCUT2D eigenvalue weighted by atomic mass is 16.5. The molecule has 0 radical (unpaired) electrons. The van der Waals surface area contributed by atoms with Gasteiger partial charge in [0.25, 0.3) is 0 Å². The van der Waals surface area contributed by atoms with E-state index in [1.165, 1.54) is 5.56 Å². The van der Waals surface area contributed by atoms with E-state index < -0.39 is 0 Å². The molecule has 2 heteroatoms. The fourth-order valence-electron chi connectivity index (χ4n) is 1.40. The summed E-state index contributed by atoms with van der Waals surface area (Å²) in [6.45, 7) is 7.27. The van der Waals surface area contributed by atoms with Gasteiger partial charge in [0.05, 0.1) is 6.61 Å². The van der Waals surface area contributed by atoms with Gasteiger partial charge in [-0.3, -0.25) is 0 Å². The quantitative estimate of drug-likeness (QED) is 0.797. The van der Waals surface area contributed by atoms with Gasteiger partial charge in [0.1, 0.15) is 5.75 Å². The first-order chi connectivity index (χ1) is 7.57. The second kappa shape index (κ2) is 5.90. The summed E-state index contributed by atoms with van der Waals surface area (Å²) in [4.78, 5) is 0. The Hall–Kier alpha value is -1.02. The van der Waals surface area contributed by atoms with Crippen molar-refractivity contribution >= 4 is 0 Å². The lowest BCUT2D eigenvalue weighted by molar-refractivity contribution is 0.256. The van der Waals surface area contributed by atoms with E-state index in [-0.39, 0.29) is 5.54 Å². The van der Waals surface area contributed by atoms with E-state index in [1.54, 1.807) is 0 Å². The summed E-state index contributed by atoms with van der Waals surface area (Å²) in [5.74, 6) is 0.978. The standard InChI is InChI=1S/C14H23NO/c1-5-12-7-6-8-13(11-12)16-10-9-14(2,3)15-4/h6-8,11,15H,5,9-10H2,1-4H3. The molecule has 90 valence electrons. The Morgan fingerprint density at radius 2 is 2.06 bits per heavy atom. The Morgan fingerprint density at radius 3 is 2.69 bits per heavy atom. The fraction of sp³-hybridized carbons (Fsp3) is 0.571. The highest BCUT2D eigenvalue weighted by Gasteiger charge is 2.13. The zero-order valence-electron chi connectivity index (χ0n) is 10.8. The lowest BCUT2D eigenvalue weighted by atomic mass is 10.0. The van der Waals surface area contributed by atoms with Crippen LogP contribution in [0.25, 0.3) is 0 Å². The SMILES string of the molecule is CCc1cccc(OCCC(C)(C)NC)c1. The van der Waals surface area contributed by atoms with Crippen LogP contribution < -0.4 is 10.1 Å². The Balaban J connectivity index is 2.42. The van der Waals surface area contributed by atoms with Crippen LogP contribution in [0.2, 0.25) is 0 Å². The first kappa shape index (κ1) is 13.0. The molecule has 0 atom stereocenters. The molecule has 0 spiro atoms. The third kappa shape index (κ3) is 4.23. The van der Waals surface area contributed by atoms with E-state index in [2.05, 4.69) is 44.3 Å². The molecule has 1 aromatic carbocycles. The first-order valence-electron chi connectivity index (χ1n) is 5.98. The molecule has 0 saturated heterocycles. The number of benzene rings is 1. The normalized spacial score (nSPS) is 11.5. The second-order valence-corrected chi connectivity index (χ2v) is 4.73. The molecule has 0 aliphatic rings. The molecule has 1 N–H and O–H groups in total. The van der Waals surface area contributed by atoms with Crippen molar-refractivity contribution in [2.24, 2.45) is 0 Å². The van der Waals surface area contributed by atoms with Crippen LogP contribution in [0.3, 0.4) is 0 Å². The van der Waals surface area contributed by atoms with Crippen molar-refractivity contribution < 1.29 is 4.74 Å². The van der Waals surface area contributed by atoms with Gasteiger partial charge in [0, 0.05) is 5.54 Å². The van der Waals surface area contributed by atoms with Gasteiger partial charge in [0.2, 0.25) is 0 Å². The number of aryl methyl sites for hydroxylation is 1. The van der Waals surface area contributed by atoms with Crippen LogP contribution in [0, 0.1) is 0 Å². The van der Waals surface area contributed by atoms with Gasteiger partial charge < -0.3 is 10.1 Å². The molecule has 0 saturated carbocycles. The molecule has 0 unspecified atom stereocenters. The highest BCUT2D eigenvalue weighted by Crippen LogP contribution is 2.15. The minimum absolute atomic E-state index is 0.141. The minimum atomic E-state index is 0.141. The molecule has 2 nitrogen and oxygen atoms in total. The summed E-state index contributed by atoms with van der Waals surface area (Å²) in [6.07, 6.45) is 2.05. The molecule has 0 heterocycles. The lowest BCUT2D eigenvalue weighted by Crippen LogP contribution is -2.37. The molecule has 0 fully saturated rings. The van der Waals surface area contributed by atoms with E-state index in [1.807, 2.05) is 13.1 Å². The van der Waals surface area contributed by atoms with Gasteiger partial charge in [-0.15, -0.1) is 0 Å². The molecule has 1 aromatic rings. The molecular formula is C14H23NO. The van der Waals surface area contributed by atoms with Gasteiger partial charge in [-0.25, -0.2) is 0 Å². The maximum atomic E-state index is 5.75. The smallest absolute Gasteiger partial charge is 0.119 e. The molecule has 0 aliphatic heterocycles. The van der Waals surface area contributed by atoms with Crippen molar-refractivity contribution in [2.75, 3.05) is 13.7 Å². The third-order valence-electron chi connectivity index (χ3n) is 2.98. The summed E-state index contributed by atoms with van der Waals surface area (Å²) in [5, 5.41) is 3.27. The number of nitrogens with one attached hydrogen (secondary N) is 1. The maximum Gasteiger partial charge on any atom is 0.119 e. The minimum Gasteiger partial charge on any atom is -0.494 e. The molecular weight excluding hydrogens is 198 g/mol. The van der Waals surface area contributed by atoms with Crippen molar-refractivity contribution in [1.29, 1.82) is 0 Å². The second-order valence-electron chi connectivity index (χ2n) is 4.73. The lowest BCUT2D eigenvalue weighted by Gasteiger charge is -2.23. The summed E-state index contributed by atoms with van der Waals surface area (Å²) < 4.78 is 5.75. The van der Waals surface area contributed by atoms with Crippen molar-refractivity contribution in [3.63, 3.8) is 0 Å². The van der Waals surface area contributed by atoms with Crippen LogP contribution in [0.1, 0.15) is 32.8 Å². The third-order valence-corrected chi connectivity index (χ3v) is 2.98. The zero-order valence-corrected chi connectivity index (χ0v) is 10.8. The Kier molecular flexibility index (Phi) is 4.81. The van der Waals surface area contributed by atoms with E-state index in [0.29, 0.717) is 0 Å². The largest absolute Gasteiger partial charge is 0.494 e. The predicted molar refractivity (Wildman–Crippen MR) is 69.1 cm³/mol. The van der Waals surface area contributed by atoms with E-state index in [4.69, 9.17) is 4.74 Å². The van der Waals surface area contributed by atoms with Gasteiger partial charge in [-0.2, -0.15) is 0 Å². The Bertz CT molecular complexity index is 320. The molecule has 0 aromatic heterocycles. The molecule has 0 aliphatic carbocycles. The number of ether oxygens (including phenoxy) is 1. The van der Waals surface area contributed by atoms with E-state index in [0.717, 1.165) is 25.2 Å². The van der Waals surface area contributed by atoms with Crippen LogP contribution >= 0.6 is 0 Å². The van der Waals surface area contributed by atoms with Crippen LogP contribution in [0.5, 0.6) is 5.75 Å². The van der Waals surface area contributed by atoms with Crippen LogP contribution in [-0.2, 0) is 6.42 Å². The van der Waals surface area contributed by atoms with Crippen LogP contribution in [-0.4, -0.2) is 19.2 Å². The average Bonchev–Trinajstić information content (AvgIpc) is 2.29. The monoisotopic (exact) mass is 221 g/mol. The van der Waals surface area contributed by atoms with Crippen LogP contribution in [0.4, 0.5) is 0 Å². The van der Waals surface area contributed by atoms with Gasteiger partial charge in [0.15, 0.2) is 0 Å². The van der Waals surface area contributed by atoms with Gasteiger partial charge in [-0.05, 0) is 51.4 Å². The van der Waals surface area contributed by atoms with Crippen LogP contribution in [0.15, 0.2) is 24.3 Å². The molecule has 0 bridgehead atoms. The maximum absolute atomic E-state index is 5.75. The summed E-state index contributed by atoms with van der Waals surface area (Å²) in [6, 6.07) is 8.32. The predicted octanol–water partition coefficient (Wildman–Crippen LogP) is 3.02. The Labute approximate surface area is 99.0 Å². The van der Waals surface area contributed by atoms with Crippen molar-refractivity contribution in [3.05, 3.63) is 29.8 Å². The summed E-state index contributed by atoms with van der Waals surface area (Å²) in [7, 11) is 1.98. The molecule has 0 amide bonds. The highest BCUT2D eigenvalue weighted by molar-refractivity contribution is 5.28. The van der Waals surface area contributed by atoms with E-state index >= 15 is 0 Å².